The molecule has 1 atom stereocenters. The van der Waals surface area contributed by atoms with Crippen molar-refractivity contribution in [1.29, 1.82) is 0 Å². The SMILES string of the molecule is CCCCc1ncc(/C(=C(\C(=O)OCC)c2cccs2)C(C)CCC)n1Cc1ccccc1F. The molecule has 0 aliphatic rings. The highest BCUT2D eigenvalue weighted by atomic mass is 32.1. The van der Waals surface area contributed by atoms with Crippen LogP contribution < -0.4 is 0 Å². The third-order valence-electron chi connectivity index (χ3n) is 5.99. The molecule has 0 N–H and O–H groups in total. The van der Waals surface area contributed by atoms with Gasteiger partial charge < -0.3 is 9.30 Å². The van der Waals surface area contributed by atoms with Gasteiger partial charge in [0.15, 0.2) is 0 Å². The van der Waals surface area contributed by atoms with Crippen molar-refractivity contribution in [3.05, 3.63) is 75.8 Å². The second-order valence-electron chi connectivity index (χ2n) is 8.52. The number of halogens is 1. The summed E-state index contributed by atoms with van der Waals surface area (Å²) < 4.78 is 22.3. The summed E-state index contributed by atoms with van der Waals surface area (Å²) in [5.74, 6) is 0.452. The van der Waals surface area contributed by atoms with Gasteiger partial charge in [-0.3, -0.25) is 0 Å². The van der Waals surface area contributed by atoms with Crippen molar-refractivity contribution in [2.45, 2.75) is 66.3 Å². The largest absolute Gasteiger partial charge is 0.462 e. The first-order chi connectivity index (χ1) is 16.5. The summed E-state index contributed by atoms with van der Waals surface area (Å²) in [7, 11) is 0. The summed E-state index contributed by atoms with van der Waals surface area (Å²) in [6.45, 7) is 8.94. The smallest absolute Gasteiger partial charge is 0.339 e. The van der Waals surface area contributed by atoms with Crippen LogP contribution in [0.3, 0.4) is 0 Å². The van der Waals surface area contributed by atoms with Gasteiger partial charge in [0.2, 0.25) is 0 Å². The molecule has 2 aromatic heterocycles. The molecule has 0 aliphatic heterocycles. The van der Waals surface area contributed by atoms with Crippen molar-refractivity contribution in [3.63, 3.8) is 0 Å². The molecule has 0 bridgehead atoms. The maximum atomic E-state index is 14.7. The van der Waals surface area contributed by atoms with E-state index in [9.17, 15) is 9.18 Å². The van der Waals surface area contributed by atoms with Crippen LogP contribution in [0.2, 0.25) is 0 Å². The average Bonchev–Trinajstić information content (AvgIpc) is 3.48. The van der Waals surface area contributed by atoms with E-state index >= 15 is 0 Å². The number of hydrogen-bond acceptors (Lipinski definition) is 4. The molecule has 182 valence electrons. The highest BCUT2D eigenvalue weighted by Gasteiger charge is 2.28. The van der Waals surface area contributed by atoms with Gasteiger partial charge in [-0.05, 0) is 48.8 Å². The fourth-order valence-electron chi connectivity index (χ4n) is 4.31. The van der Waals surface area contributed by atoms with E-state index in [0.717, 1.165) is 54.1 Å². The van der Waals surface area contributed by atoms with Crippen LogP contribution in [-0.2, 0) is 22.5 Å². The lowest BCUT2D eigenvalue weighted by atomic mass is 9.88. The second-order valence-corrected chi connectivity index (χ2v) is 9.46. The van der Waals surface area contributed by atoms with Gasteiger partial charge in [0, 0.05) is 16.9 Å². The summed E-state index contributed by atoms with van der Waals surface area (Å²) >= 11 is 1.53. The number of nitrogens with zero attached hydrogens (tertiary/aromatic N) is 2. The summed E-state index contributed by atoms with van der Waals surface area (Å²) in [5.41, 5.74) is 2.99. The molecular weight excluding hydrogens is 447 g/mol. The third-order valence-corrected chi connectivity index (χ3v) is 6.87. The molecule has 0 radical (unpaired) electrons. The minimum atomic E-state index is -0.323. The number of aryl methyl sites for hydroxylation is 1. The van der Waals surface area contributed by atoms with Crippen LogP contribution >= 0.6 is 11.3 Å². The maximum absolute atomic E-state index is 14.7. The van der Waals surface area contributed by atoms with Gasteiger partial charge in [0.25, 0.3) is 0 Å². The second kappa shape index (κ2) is 12.7. The average molecular weight is 483 g/mol. The van der Waals surface area contributed by atoms with Crippen molar-refractivity contribution in [2.24, 2.45) is 5.92 Å². The minimum absolute atomic E-state index is 0.0987. The summed E-state index contributed by atoms with van der Waals surface area (Å²) in [6.07, 6.45) is 6.59. The molecule has 34 heavy (non-hydrogen) atoms. The molecule has 1 aromatic carbocycles. The van der Waals surface area contributed by atoms with Crippen LogP contribution in [0.4, 0.5) is 4.39 Å². The summed E-state index contributed by atoms with van der Waals surface area (Å²) in [4.78, 5) is 19.0. The predicted molar refractivity (Wildman–Crippen MR) is 138 cm³/mol. The Morgan fingerprint density at radius 1 is 1.15 bits per heavy atom. The lowest BCUT2D eigenvalue weighted by Crippen LogP contribution is -2.16. The fourth-order valence-corrected chi connectivity index (χ4v) is 5.08. The number of carbonyl (C=O) groups excluding carboxylic acids is 1. The highest BCUT2D eigenvalue weighted by molar-refractivity contribution is 7.11. The summed E-state index contributed by atoms with van der Waals surface area (Å²) in [5, 5.41) is 1.97. The molecule has 0 aliphatic carbocycles. The molecule has 0 spiro atoms. The van der Waals surface area contributed by atoms with Crippen LogP contribution in [0.15, 0.2) is 48.0 Å². The van der Waals surface area contributed by atoms with Crippen LogP contribution in [0, 0.1) is 11.7 Å². The standard InChI is InChI=1S/C28H35FN2O2S/c1-5-8-16-25-30-18-23(31(25)19-21-13-9-10-14-22(21)29)26(20(4)12-6-2)27(28(32)33-7-3)24-15-11-17-34-24/h9-11,13-15,17-18,20H,5-8,12,16,19H2,1-4H3/b27-26-. The van der Waals surface area contributed by atoms with Crippen molar-refractivity contribution < 1.29 is 13.9 Å². The lowest BCUT2D eigenvalue weighted by Gasteiger charge is -2.22. The molecule has 2 heterocycles. The first-order valence-corrected chi connectivity index (χ1v) is 13.1. The number of aromatic nitrogens is 2. The highest BCUT2D eigenvalue weighted by Crippen LogP contribution is 2.38. The summed E-state index contributed by atoms with van der Waals surface area (Å²) in [6, 6.07) is 10.8. The normalized spacial score (nSPS) is 13.0. The Morgan fingerprint density at radius 2 is 1.94 bits per heavy atom. The Labute approximate surface area is 206 Å². The maximum Gasteiger partial charge on any atom is 0.339 e. The van der Waals surface area contributed by atoms with Crippen LogP contribution in [-0.4, -0.2) is 22.1 Å². The zero-order valence-corrected chi connectivity index (χ0v) is 21.5. The van der Waals surface area contributed by atoms with E-state index in [2.05, 4.69) is 25.3 Å². The number of benzene rings is 1. The fraction of sp³-hybridized carbons (Fsp3) is 0.429. The number of hydrogen-bond donors (Lipinski definition) is 0. The van der Waals surface area contributed by atoms with E-state index in [1.807, 2.05) is 42.8 Å². The van der Waals surface area contributed by atoms with E-state index in [4.69, 9.17) is 9.72 Å². The predicted octanol–water partition coefficient (Wildman–Crippen LogP) is 7.38. The van der Waals surface area contributed by atoms with Crippen molar-refractivity contribution in [3.8, 4) is 0 Å². The molecule has 0 saturated heterocycles. The number of imidazole rings is 1. The van der Waals surface area contributed by atoms with Gasteiger partial charge in [-0.1, -0.05) is 57.9 Å². The Bertz CT molecular complexity index is 1100. The van der Waals surface area contributed by atoms with Crippen LogP contribution in [0.1, 0.15) is 75.3 Å². The van der Waals surface area contributed by atoms with Crippen LogP contribution in [0.25, 0.3) is 11.1 Å². The number of rotatable bonds is 12. The number of esters is 1. The Balaban J connectivity index is 2.27. The molecule has 0 amide bonds. The zero-order valence-electron chi connectivity index (χ0n) is 20.6. The van der Waals surface area contributed by atoms with E-state index in [1.54, 1.807) is 6.07 Å². The van der Waals surface area contributed by atoms with Gasteiger partial charge in [0.1, 0.15) is 11.6 Å². The molecule has 4 nitrogen and oxygen atoms in total. The quantitative estimate of drug-likeness (QED) is 0.200. The Kier molecular flexibility index (Phi) is 9.63. The van der Waals surface area contributed by atoms with E-state index < -0.39 is 0 Å². The van der Waals surface area contributed by atoms with Gasteiger partial charge in [0.05, 0.1) is 30.6 Å². The van der Waals surface area contributed by atoms with E-state index in [0.29, 0.717) is 24.3 Å². The van der Waals surface area contributed by atoms with E-state index in [-0.39, 0.29) is 17.7 Å². The number of thiophene rings is 1. The molecule has 3 rings (SSSR count). The molecule has 0 saturated carbocycles. The van der Waals surface area contributed by atoms with Gasteiger partial charge in [-0.15, -0.1) is 11.3 Å². The number of carbonyl (C=O) groups is 1. The lowest BCUT2D eigenvalue weighted by molar-refractivity contribution is -0.136. The number of ether oxygens (including phenoxy) is 1. The van der Waals surface area contributed by atoms with Crippen LogP contribution in [0.5, 0.6) is 0 Å². The minimum Gasteiger partial charge on any atom is -0.462 e. The van der Waals surface area contributed by atoms with Gasteiger partial charge in [-0.2, -0.15) is 0 Å². The first-order valence-electron chi connectivity index (χ1n) is 12.2. The topological polar surface area (TPSA) is 44.1 Å². The Morgan fingerprint density at radius 3 is 2.59 bits per heavy atom. The molecular formula is C28H35FN2O2S. The van der Waals surface area contributed by atoms with Crippen molar-refractivity contribution >= 4 is 28.5 Å². The Hall–Kier alpha value is -2.73. The van der Waals surface area contributed by atoms with Crippen molar-refractivity contribution in [2.75, 3.05) is 6.61 Å². The number of allylic oxidation sites excluding steroid dienone is 1. The molecule has 3 aromatic rings. The first kappa shape index (κ1) is 25.9. The monoisotopic (exact) mass is 482 g/mol. The molecule has 0 fully saturated rings. The number of unbranched alkanes of at least 4 members (excludes halogenated alkanes) is 1. The van der Waals surface area contributed by atoms with Crippen molar-refractivity contribution in [1.82, 2.24) is 9.55 Å². The van der Waals surface area contributed by atoms with E-state index in [1.165, 1.54) is 17.4 Å². The molecule has 6 heteroatoms. The van der Waals surface area contributed by atoms with Gasteiger partial charge >= 0.3 is 5.97 Å². The zero-order chi connectivity index (χ0) is 24.5. The third kappa shape index (κ3) is 6.03. The molecule has 1 unspecified atom stereocenters. The van der Waals surface area contributed by atoms with Gasteiger partial charge in [-0.25, -0.2) is 14.2 Å².